The number of benzene rings is 1. The molecule has 20 heavy (non-hydrogen) atoms. The molecule has 0 saturated carbocycles. The maximum atomic E-state index is 12.2. The third kappa shape index (κ3) is 4.89. The summed E-state index contributed by atoms with van der Waals surface area (Å²) in [6.07, 6.45) is 2.87. The van der Waals surface area contributed by atoms with Crippen molar-refractivity contribution in [2.75, 3.05) is 13.1 Å². The van der Waals surface area contributed by atoms with E-state index in [1.165, 1.54) is 0 Å². The second-order valence-corrected chi connectivity index (χ2v) is 6.59. The Balaban J connectivity index is 3.00. The van der Waals surface area contributed by atoms with Gasteiger partial charge in [0, 0.05) is 12.6 Å². The predicted molar refractivity (Wildman–Crippen MR) is 83.4 cm³/mol. The van der Waals surface area contributed by atoms with Gasteiger partial charge in [-0.25, -0.2) is 13.1 Å². The van der Waals surface area contributed by atoms with Gasteiger partial charge in [0.2, 0.25) is 10.0 Å². The van der Waals surface area contributed by atoms with Crippen molar-refractivity contribution in [3.63, 3.8) is 0 Å². The summed E-state index contributed by atoms with van der Waals surface area (Å²) in [4.78, 5) is 0.404. The molecule has 0 heterocycles. The number of nitrogens with one attached hydrogen (secondary N) is 2. The molecule has 1 aromatic rings. The summed E-state index contributed by atoms with van der Waals surface area (Å²) >= 11 is 0. The lowest BCUT2D eigenvalue weighted by atomic mass is 10.0. The van der Waals surface area contributed by atoms with E-state index in [-0.39, 0.29) is 0 Å². The zero-order valence-corrected chi connectivity index (χ0v) is 13.5. The first-order valence-corrected chi connectivity index (χ1v) is 8.84. The maximum absolute atomic E-state index is 12.2. The molecular formula is C15H26N2O2S. The number of hydrogen-bond donors (Lipinski definition) is 2. The molecule has 114 valence electrons. The van der Waals surface area contributed by atoms with Crippen molar-refractivity contribution in [2.45, 2.75) is 51.0 Å². The molecule has 0 amide bonds. The van der Waals surface area contributed by atoms with Gasteiger partial charge < -0.3 is 5.32 Å². The van der Waals surface area contributed by atoms with Gasteiger partial charge in [-0.3, -0.25) is 0 Å². The van der Waals surface area contributed by atoms with E-state index in [9.17, 15) is 8.42 Å². The summed E-state index contributed by atoms with van der Waals surface area (Å²) in [6, 6.07) is 7.58. The Morgan fingerprint density at radius 2 is 1.80 bits per heavy atom. The van der Waals surface area contributed by atoms with Crippen LogP contribution in [0.5, 0.6) is 0 Å². The van der Waals surface area contributed by atoms with Crippen LogP contribution in [0.2, 0.25) is 0 Å². The quantitative estimate of drug-likeness (QED) is 0.735. The first-order chi connectivity index (χ1) is 9.55. The largest absolute Gasteiger partial charge is 0.314 e. The molecule has 1 aromatic carbocycles. The van der Waals surface area contributed by atoms with Gasteiger partial charge in [-0.2, -0.15) is 0 Å². The molecule has 4 nitrogen and oxygen atoms in total. The molecule has 5 heteroatoms. The van der Waals surface area contributed by atoms with Gasteiger partial charge >= 0.3 is 0 Å². The van der Waals surface area contributed by atoms with E-state index in [4.69, 9.17) is 0 Å². The Morgan fingerprint density at radius 3 is 2.40 bits per heavy atom. The second-order valence-electron chi connectivity index (χ2n) is 4.86. The average molecular weight is 298 g/mol. The smallest absolute Gasteiger partial charge is 0.240 e. The molecule has 0 aromatic heterocycles. The fraction of sp³-hybridized carbons (Fsp3) is 0.600. The molecule has 0 aliphatic carbocycles. The molecule has 0 saturated heterocycles. The minimum atomic E-state index is -3.39. The van der Waals surface area contributed by atoms with Crippen molar-refractivity contribution in [2.24, 2.45) is 0 Å². The first-order valence-electron chi connectivity index (χ1n) is 7.36. The second kappa shape index (κ2) is 8.39. The van der Waals surface area contributed by atoms with Gasteiger partial charge in [0.25, 0.3) is 0 Å². The van der Waals surface area contributed by atoms with Crippen LogP contribution in [0.4, 0.5) is 0 Å². The van der Waals surface area contributed by atoms with Gasteiger partial charge in [-0.05, 0) is 31.0 Å². The molecule has 0 bridgehead atoms. The highest BCUT2D eigenvalue weighted by Gasteiger charge is 2.19. The van der Waals surface area contributed by atoms with Crippen LogP contribution in [0.1, 0.15) is 39.2 Å². The molecule has 0 fully saturated rings. The summed E-state index contributed by atoms with van der Waals surface area (Å²) in [5.74, 6) is 0. The number of likely N-dealkylation sites (N-methyl/N-ethyl adjacent to an activating group) is 1. The van der Waals surface area contributed by atoms with Crippen molar-refractivity contribution in [3.05, 3.63) is 29.8 Å². The third-order valence-corrected chi connectivity index (χ3v) is 4.84. The standard InChI is InChI=1S/C15H26N2O2S/c1-4-9-14(16-5-2)12-13-10-7-8-11-15(13)20(18,19)17-6-3/h7-8,10-11,14,16-17H,4-6,9,12H2,1-3H3. The molecule has 1 unspecified atom stereocenters. The molecule has 0 radical (unpaired) electrons. The molecule has 0 aliphatic rings. The average Bonchev–Trinajstić information content (AvgIpc) is 2.39. The Morgan fingerprint density at radius 1 is 1.10 bits per heavy atom. The SMILES string of the molecule is CCCC(Cc1ccccc1S(=O)(=O)NCC)NCC. The minimum Gasteiger partial charge on any atom is -0.314 e. The van der Waals surface area contributed by atoms with Crippen LogP contribution in [0.25, 0.3) is 0 Å². The van der Waals surface area contributed by atoms with E-state index in [2.05, 4.69) is 23.9 Å². The topological polar surface area (TPSA) is 58.2 Å². The van der Waals surface area contributed by atoms with Gasteiger partial charge in [-0.1, -0.05) is 45.4 Å². The zero-order valence-electron chi connectivity index (χ0n) is 12.6. The van der Waals surface area contributed by atoms with E-state index >= 15 is 0 Å². The summed E-state index contributed by atoms with van der Waals surface area (Å²) in [5, 5.41) is 3.43. The molecule has 0 spiro atoms. The molecule has 1 rings (SSSR count). The first kappa shape index (κ1) is 17.1. The Hall–Kier alpha value is -0.910. The highest BCUT2D eigenvalue weighted by Crippen LogP contribution is 2.18. The van der Waals surface area contributed by atoms with Gasteiger partial charge in [-0.15, -0.1) is 0 Å². The Labute approximate surface area is 123 Å². The van der Waals surface area contributed by atoms with Crippen molar-refractivity contribution in [3.8, 4) is 0 Å². The minimum absolute atomic E-state index is 0.322. The maximum Gasteiger partial charge on any atom is 0.240 e. The van der Waals surface area contributed by atoms with Crippen molar-refractivity contribution >= 4 is 10.0 Å². The molecule has 0 aliphatic heterocycles. The molecule has 1 atom stereocenters. The lowest BCUT2D eigenvalue weighted by Crippen LogP contribution is -2.32. The van der Waals surface area contributed by atoms with Crippen LogP contribution < -0.4 is 10.0 Å². The van der Waals surface area contributed by atoms with Crippen LogP contribution in [-0.2, 0) is 16.4 Å². The summed E-state index contributed by atoms with van der Waals surface area (Å²) in [7, 11) is -3.39. The summed E-state index contributed by atoms with van der Waals surface area (Å²) < 4.78 is 27.0. The normalized spacial score (nSPS) is 13.3. The zero-order chi connectivity index (χ0) is 15.0. The number of rotatable bonds is 9. The fourth-order valence-corrected chi connectivity index (χ4v) is 3.67. The number of sulfonamides is 1. The monoisotopic (exact) mass is 298 g/mol. The highest BCUT2D eigenvalue weighted by atomic mass is 32.2. The van der Waals surface area contributed by atoms with Crippen molar-refractivity contribution in [1.29, 1.82) is 0 Å². The van der Waals surface area contributed by atoms with Gasteiger partial charge in [0.05, 0.1) is 4.90 Å². The van der Waals surface area contributed by atoms with E-state index in [0.717, 1.165) is 31.4 Å². The molecular weight excluding hydrogens is 272 g/mol. The fourth-order valence-electron chi connectivity index (χ4n) is 2.38. The van der Waals surface area contributed by atoms with Crippen LogP contribution in [0, 0.1) is 0 Å². The van der Waals surface area contributed by atoms with Gasteiger partial charge in [0.1, 0.15) is 0 Å². The highest BCUT2D eigenvalue weighted by molar-refractivity contribution is 7.89. The van der Waals surface area contributed by atoms with E-state index in [0.29, 0.717) is 17.5 Å². The van der Waals surface area contributed by atoms with Crippen molar-refractivity contribution in [1.82, 2.24) is 10.0 Å². The van der Waals surface area contributed by atoms with Crippen LogP contribution in [0.15, 0.2) is 29.2 Å². The van der Waals surface area contributed by atoms with E-state index in [1.54, 1.807) is 19.1 Å². The lowest BCUT2D eigenvalue weighted by molar-refractivity contribution is 0.482. The van der Waals surface area contributed by atoms with Gasteiger partial charge in [0.15, 0.2) is 0 Å². The third-order valence-electron chi connectivity index (χ3n) is 3.19. The van der Waals surface area contributed by atoms with E-state index < -0.39 is 10.0 Å². The lowest BCUT2D eigenvalue weighted by Gasteiger charge is -2.19. The Bertz CT molecular complexity index is 494. The summed E-state index contributed by atoms with van der Waals surface area (Å²) in [5.41, 5.74) is 0.882. The number of hydrogen-bond acceptors (Lipinski definition) is 3. The summed E-state index contributed by atoms with van der Waals surface area (Å²) in [6.45, 7) is 7.31. The van der Waals surface area contributed by atoms with Crippen LogP contribution in [0.3, 0.4) is 0 Å². The molecule has 2 N–H and O–H groups in total. The van der Waals surface area contributed by atoms with E-state index in [1.807, 2.05) is 12.1 Å². The Kier molecular flexibility index (Phi) is 7.19. The predicted octanol–water partition coefficient (Wildman–Crippen LogP) is 2.31. The van der Waals surface area contributed by atoms with Crippen molar-refractivity contribution < 1.29 is 8.42 Å². The van der Waals surface area contributed by atoms with Crippen LogP contribution >= 0.6 is 0 Å². The van der Waals surface area contributed by atoms with Crippen LogP contribution in [-0.4, -0.2) is 27.5 Å².